The van der Waals surface area contributed by atoms with Crippen LogP contribution in [0.3, 0.4) is 0 Å². The second kappa shape index (κ2) is 8.03. The quantitative estimate of drug-likeness (QED) is 0.875. The molecule has 1 unspecified atom stereocenters. The monoisotopic (exact) mass is 340 g/mol. The first-order chi connectivity index (χ1) is 12.2. The highest BCUT2D eigenvalue weighted by atomic mass is 16.6. The third kappa shape index (κ3) is 3.94. The highest BCUT2D eigenvalue weighted by molar-refractivity contribution is 5.95. The van der Waals surface area contributed by atoms with E-state index in [1.54, 1.807) is 0 Å². The van der Waals surface area contributed by atoms with Crippen LogP contribution in [0.15, 0.2) is 48.5 Å². The number of hydrogen-bond acceptors (Lipinski definition) is 4. The Labute approximate surface area is 148 Å². The Kier molecular flexibility index (Phi) is 5.56. The number of carbonyl (C=O) groups is 1. The smallest absolute Gasteiger partial charge is 0.246 e. The number of benzene rings is 2. The average molecular weight is 340 g/mol. The van der Waals surface area contributed by atoms with Crippen LogP contribution in [0.5, 0.6) is 11.5 Å². The van der Waals surface area contributed by atoms with E-state index in [1.807, 2.05) is 48.5 Å². The predicted octanol–water partition coefficient (Wildman–Crippen LogP) is 3.48. The molecule has 25 heavy (non-hydrogen) atoms. The fourth-order valence-electron chi connectivity index (χ4n) is 3.08. The molecule has 0 saturated carbocycles. The molecular weight excluding hydrogens is 316 g/mol. The number of anilines is 1. The number of nitrogens with one attached hydrogen (secondary N) is 1. The van der Waals surface area contributed by atoms with Crippen molar-refractivity contribution in [2.45, 2.75) is 19.9 Å². The van der Waals surface area contributed by atoms with Gasteiger partial charge in [-0.2, -0.15) is 0 Å². The molecule has 1 atom stereocenters. The van der Waals surface area contributed by atoms with Crippen molar-refractivity contribution in [2.75, 3.05) is 31.6 Å². The van der Waals surface area contributed by atoms with Crippen molar-refractivity contribution in [1.82, 2.24) is 4.90 Å². The van der Waals surface area contributed by atoms with Gasteiger partial charge in [0, 0.05) is 11.8 Å². The SMILES string of the molecule is CCN(CC)C(C(=O)Nc1ccc2c(c1)OCCO2)c1ccccc1. The van der Waals surface area contributed by atoms with Gasteiger partial charge in [-0.25, -0.2) is 0 Å². The molecule has 1 heterocycles. The number of ether oxygens (including phenoxy) is 2. The third-order valence-corrected chi connectivity index (χ3v) is 4.35. The van der Waals surface area contributed by atoms with Crippen LogP contribution in [0.2, 0.25) is 0 Å². The van der Waals surface area contributed by atoms with Crippen LogP contribution in [0.4, 0.5) is 5.69 Å². The molecule has 3 rings (SSSR count). The number of rotatable bonds is 6. The predicted molar refractivity (Wildman–Crippen MR) is 98.2 cm³/mol. The summed E-state index contributed by atoms with van der Waals surface area (Å²) in [6, 6.07) is 15.0. The summed E-state index contributed by atoms with van der Waals surface area (Å²) >= 11 is 0. The van der Waals surface area contributed by atoms with Gasteiger partial charge in [-0.1, -0.05) is 44.2 Å². The molecule has 0 aliphatic carbocycles. The number of nitrogens with zero attached hydrogens (tertiary/aromatic N) is 1. The van der Waals surface area contributed by atoms with E-state index in [9.17, 15) is 4.79 Å². The summed E-state index contributed by atoms with van der Waals surface area (Å²) in [5.74, 6) is 1.34. The van der Waals surface area contributed by atoms with Gasteiger partial charge < -0.3 is 14.8 Å². The Morgan fingerprint density at radius 3 is 2.40 bits per heavy atom. The molecule has 2 aromatic rings. The van der Waals surface area contributed by atoms with E-state index >= 15 is 0 Å². The number of carbonyl (C=O) groups excluding carboxylic acids is 1. The maximum Gasteiger partial charge on any atom is 0.246 e. The largest absolute Gasteiger partial charge is 0.486 e. The summed E-state index contributed by atoms with van der Waals surface area (Å²) in [4.78, 5) is 15.2. The van der Waals surface area contributed by atoms with E-state index in [4.69, 9.17) is 9.47 Å². The number of amides is 1. The van der Waals surface area contributed by atoms with Gasteiger partial charge in [0.2, 0.25) is 5.91 Å². The zero-order valence-electron chi connectivity index (χ0n) is 14.7. The lowest BCUT2D eigenvalue weighted by Crippen LogP contribution is -2.37. The molecular formula is C20H24N2O3. The molecule has 0 fully saturated rings. The van der Waals surface area contributed by atoms with Gasteiger partial charge in [-0.15, -0.1) is 0 Å². The van der Waals surface area contributed by atoms with Gasteiger partial charge in [-0.3, -0.25) is 9.69 Å². The maximum absolute atomic E-state index is 13.0. The number of likely N-dealkylation sites (N-methyl/N-ethyl adjacent to an activating group) is 1. The van der Waals surface area contributed by atoms with Gasteiger partial charge in [0.15, 0.2) is 11.5 Å². The van der Waals surface area contributed by atoms with E-state index in [0.717, 1.165) is 18.7 Å². The van der Waals surface area contributed by atoms with E-state index in [1.165, 1.54) is 0 Å². The number of fused-ring (bicyclic) bond motifs is 1. The van der Waals surface area contributed by atoms with Crippen molar-refractivity contribution < 1.29 is 14.3 Å². The Balaban J connectivity index is 1.83. The van der Waals surface area contributed by atoms with Crippen molar-refractivity contribution in [1.29, 1.82) is 0 Å². The summed E-state index contributed by atoms with van der Waals surface area (Å²) in [7, 11) is 0. The third-order valence-electron chi connectivity index (χ3n) is 4.35. The molecule has 0 bridgehead atoms. The van der Waals surface area contributed by atoms with Crippen LogP contribution in [0.25, 0.3) is 0 Å². The van der Waals surface area contributed by atoms with E-state index in [2.05, 4.69) is 24.1 Å². The summed E-state index contributed by atoms with van der Waals surface area (Å²) in [6.07, 6.45) is 0. The molecule has 132 valence electrons. The molecule has 0 radical (unpaired) electrons. The van der Waals surface area contributed by atoms with E-state index in [-0.39, 0.29) is 11.9 Å². The second-order valence-electron chi connectivity index (χ2n) is 5.88. The topological polar surface area (TPSA) is 50.8 Å². The molecule has 2 aromatic carbocycles. The molecule has 0 saturated heterocycles. The Morgan fingerprint density at radius 1 is 1.04 bits per heavy atom. The Morgan fingerprint density at radius 2 is 1.72 bits per heavy atom. The Bertz CT molecular complexity index is 714. The first-order valence-corrected chi connectivity index (χ1v) is 8.72. The van der Waals surface area contributed by atoms with Crippen LogP contribution < -0.4 is 14.8 Å². The summed E-state index contributed by atoms with van der Waals surface area (Å²) in [5, 5.41) is 3.02. The minimum atomic E-state index is -0.329. The minimum Gasteiger partial charge on any atom is -0.486 e. The standard InChI is InChI=1S/C20H24N2O3/c1-3-22(4-2)19(15-8-6-5-7-9-15)20(23)21-16-10-11-17-18(14-16)25-13-12-24-17/h5-11,14,19H,3-4,12-13H2,1-2H3,(H,21,23). The Hall–Kier alpha value is -2.53. The first-order valence-electron chi connectivity index (χ1n) is 8.72. The summed E-state index contributed by atoms with van der Waals surface area (Å²) < 4.78 is 11.1. The van der Waals surface area contributed by atoms with Gasteiger partial charge in [0.25, 0.3) is 0 Å². The normalized spacial score (nSPS) is 14.2. The molecule has 1 aliphatic rings. The average Bonchev–Trinajstić information content (AvgIpc) is 2.66. The lowest BCUT2D eigenvalue weighted by atomic mass is 10.0. The molecule has 1 amide bonds. The molecule has 1 N–H and O–H groups in total. The zero-order valence-corrected chi connectivity index (χ0v) is 14.7. The lowest BCUT2D eigenvalue weighted by molar-refractivity contribution is -0.121. The van der Waals surface area contributed by atoms with Gasteiger partial charge in [0.05, 0.1) is 0 Å². The summed E-state index contributed by atoms with van der Waals surface area (Å²) in [6.45, 7) is 6.80. The van der Waals surface area contributed by atoms with Crippen LogP contribution >= 0.6 is 0 Å². The first kappa shape index (κ1) is 17.3. The lowest BCUT2D eigenvalue weighted by Gasteiger charge is -2.29. The van der Waals surface area contributed by atoms with Crippen LogP contribution in [-0.2, 0) is 4.79 Å². The minimum absolute atomic E-state index is 0.0495. The van der Waals surface area contributed by atoms with Crippen molar-refractivity contribution in [2.24, 2.45) is 0 Å². The van der Waals surface area contributed by atoms with Crippen molar-refractivity contribution in [3.63, 3.8) is 0 Å². The van der Waals surface area contributed by atoms with Gasteiger partial charge >= 0.3 is 0 Å². The molecule has 1 aliphatic heterocycles. The highest BCUT2D eigenvalue weighted by Gasteiger charge is 2.26. The zero-order chi connectivity index (χ0) is 17.6. The molecule has 0 spiro atoms. The number of hydrogen-bond donors (Lipinski definition) is 1. The van der Waals surface area contributed by atoms with Crippen molar-refractivity contribution in [3.05, 3.63) is 54.1 Å². The van der Waals surface area contributed by atoms with E-state index < -0.39 is 0 Å². The van der Waals surface area contributed by atoms with Crippen LogP contribution in [0, 0.1) is 0 Å². The molecule has 5 heteroatoms. The van der Waals surface area contributed by atoms with Crippen LogP contribution in [0.1, 0.15) is 25.5 Å². The molecule has 0 aromatic heterocycles. The van der Waals surface area contributed by atoms with Crippen molar-refractivity contribution >= 4 is 11.6 Å². The molecule has 5 nitrogen and oxygen atoms in total. The van der Waals surface area contributed by atoms with E-state index in [0.29, 0.717) is 30.4 Å². The van der Waals surface area contributed by atoms with Gasteiger partial charge in [-0.05, 0) is 30.8 Å². The second-order valence-corrected chi connectivity index (χ2v) is 5.88. The fourth-order valence-corrected chi connectivity index (χ4v) is 3.08. The maximum atomic E-state index is 13.0. The van der Waals surface area contributed by atoms with Crippen LogP contribution in [-0.4, -0.2) is 37.1 Å². The van der Waals surface area contributed by atoms with Crippen molar-refractivity contribution in [3.8, 4) is 11.5 Å². The van der Waals surface area contributed by atoms with Gasteiger partial charge in [0.1, 0.15) is 19.3 Å². The fraction of sp³-hybridized carbons (Fsp3) is 0.350. The summed E-state index contributed by atoms with van der Waals surface area (Å²) in [5.41, 5.74) is 1.70. The highest BCUT2D eigenvalue weighted by Crippen LogP contribution is 2.33.